The molecule has 0 bridgehead atoms. The Labute approximate surface area is 125 Å². The van der Waals surface area contributed by atoms with E-state index in [4.69, 9.17) is 9.47 Å². The maximum absolute atomic E-state index is 6.10. The van der Waals surface area contributed by atoms with Crippen LogP contribution in [0.25, 0.3) is 0 Å². The molecule has 2 aromatic rings. The van der Waals surface area contributed by atoms with Crippen molar-refractivity contribution in [2.24, 2.45) is 0 Å². The Morgan fingerprint density at radius 3 is 2.71 bits per heavy atom. The maximum atomic E-state index is 6.10. The van der Waals surface area contributed by atoms with Gasteiger partial charge in [0.1, 0.15) is 11.9 Å². The molecule has 110 valence electrons. The summed E-state index contributed by atoms with van der Waals surface area (Å²) in [4.78, 5) is 0. The molecule has 2 unspecified atom stereocenters. The van der Waals surface area contributed by atoms with Crippen LogP contribution in [0.3, 0.4) is 0 Å². The summed E-state index contributed by atoms with van der Waals surface area (Å²) in [5.41, 5.74) is 3.68. The number of rotatable bonds is 2. The fraction of sp³-hybridized carbons (Fsp3) is 0.333. The molecule has 21 heavy (non-hydrogen) atoms. The van der Waals surface area contributed by atoms with Gasteiger partial charge in [-0.2, -0.15) is 0 Å². The smallest absolute Gasteiger partial charge is 0.119 e. The third-order valence-electron chi connectivity index (χ3n) is 3.95. The van der Waals surface area contributed by atoms with Crippen LogP contribution in [-0.2, 0) is 11.2 Å². The third-order valence-corrected chi connectivity index (χ3v) is 3.95. The molecule has 3 rings (SSSR count). The quantitative estimate of drug-likeness (QED) is 0.917. The molecule has 0 aliphatic carbocycles. The van der Waals surface area contributed by atoms with Gasteiger partial charge in [0, 0.05) is 6.04 Å². The number of fused-ring (bicyclic) bond motifs is 1. The molecular formula is C18H21NO2. The highest BCUT2D eigenvalue weighted by atomic mass is 16.5. The Kier molecular flexibility index (Phi) is 4.23. The molecule has 2 aromatic carbocycles. The lowest BCUT2D eigenvalue weighted by molar-refractivity contribution is 0.0552. The molecular weight excluding hydrogens is 262 g/mol. The second kappa shape index (κ2) is 6.29. The minimum absolute atomic E-state index is 0.0590. The Morgan fingerprint density at radius 1 is 1.14 bits per heavy atom. The number of ether oxygens (including phenoxy) is 2. The lowest BCUT2D eigenvalue weighted by atomic mass is 9.92. The van der Waals surface area contributed by atoms with Gasteiger partial charge in [-0.05, 0) is 42.2 Å². The van der Waals surface area contributed by atoms with Gasteiger partial charge in [0.05, 0.1) is 13.8 Å². The zero-order chi connectivity index (χ0) is 14.7. The third kappa shape index (κ3) is 3.09. The van der Waals surface area contributed by atoms with Gasteiger partial charge in [-0.3, -0.25) is 5.32 Å². The van der Waals surface area contributed by atoms with Crippen LogP contribution in [0.15, 0.2) is 48.5 Å². The van der Waals surface area contributed by atoms with Gasteiger partial charge in [-0.1, -0.05) is 36.4 Å². The lowest BCUT2D eigenvalue weighted by Gasteiger charge is -2.27. The maximum Gasteiger partial charge on any atom is 0.119 e. The van der Waals surface area contributed by atoms with Gasteiger partial charge in [-0.25, -0.2) is 0 Å². The Morgan fingerprint density at radius 2 is 1.95 bits per heavy atom. The summed E-state index contributed by atoms with van der Waals surface area (Å²) in [6.07, 6.45) is 0.933. The van der Waals surface area contributed by atoms with Gasteiger partial charge in [0.25, 0.3) is 0 Å². The largest absolute Gasteiger partial charge is 0.497 e. The van der Waals surface area contributed by atoms with Crippen molar-refractivity contribution in [3.05, 3.63) is 65.2 Å². The summed E-state index contributed by atoms with van der Waals surface area (Å²) in [6.45, 7) is 2.73. The summed E-state index contributed by atoms with van der Waals surface area (Å²) >= 11 is 0. The highest BCUT2D eigenvalue weighted by Gasteiger charge is 2.22. The highest BCUT2D eigenvalue weighted by Crippen LogP contribution is 2.32. The van der Waals surface area contributed by atoms with Crippen LogP contribution in [0.5, 0.6) is 5.75 Å². The van der Waals surface area contributed by atoms with E-state index in [0.717, 1.165) is 12.2 Å². The zero-order valence-corrected chi connectivity index (χ0v) is 12.5. The van der Waals surface area contributed by atoms with E-state index >= 15 is 0 Å². The molecule has 3 nitrogen and oxygen atoms in total. The first-order valence-electron chi connectivity index (χ1n) is 7.34. The van der Waals surface area contributed by atoms with Gasteiger partial charge < -0.3 is 9.47 Å². The molecule has 0 saturated carbocycles. The van der Waals surface area contributed by atoms with E-state index in [-0.39, 0.29) is 6.10 Å². The minimum atomic E-state index is -0.0590. The van der Waals surface area contributed by atoms with Crippen molar-refractivity contribution < 1.29 is 9.47 Å². The van der Waals surface area contributed by atoms with E-state index in [1.54, 1.807) is 7.11 Å². The average Bonchev–Trinajstić information content (AvgIpc) is 2.51. The van der Waals surface area contributed by atoms with Crippen LogP contribution in [0.1, 0.15) is 29.7 Å². The average molecular weight is 283 g/mol. The molecule has 1 aliphatic rings. The van der Waals surface area contributed by atoms with E-state index < -0.39 is 0 Å². The lowest BCUT2D eigenvalue weighted by Crippen LogP contribution is -2.34. The van der Waals surface area contributed by atoms with Crippen molar-refractivity contribution >= 4 is 0 Å². The van der Waals surface area contributed by atoms with Crippen LogP contribution in [-0.4, -0.2) is 19.9 Å². The van der Waals surface area contributed by atoms with Crippen LogP contribution < -0.4 is 10.1 Å². The molecule has 3 heteroatoms. The first-order valence-corrected chi connectivity index (χ1v) is 7.34. The summed E-state index contributed by atoms with van der Waals surface area (Å²) in [5, 5.41) is 3.40. The Bertz CT molecular complexity index is 597. The molecule has 0 saturated heterocycles. The van der Waals surface area contributed by atoms with Gasteiger partial charge in [0.2, 0.25) is 0 Å². The fourth-order valence-corrected chi connectivity index (χ4v) is 2.80. The second-order valence-corrected chi connectivity index (χ2v) is 5.48. The number of nitrogens with one attached hydrogen (secondary N) is 1. The fourth-order valence-electron chi connectivity index (χ4n) is 2.80. The second-order valence-electron chi connectivity index (χ2n) is 5.48. The molecule has 0 radical (unpaired) electrons. The minimum Gasteiger partial charge on any atom is -0.497 e. The first-order chi connectivity index (χ1) is 10.3. The summed E-state index contributed by atoms with van der Waals surface area (Å²) < 4.78 is 11.5. The van der Waals surface area contributed by atoms with Crippen molar-refractivity contribution in [3.8, 4) is 5.75 Å². The van der Waals surface area contributed by atoms with Crippen LogP contribution >= 0.6 is 0 Å². The SMILES string of the molecule is COc1ccc2c(c1)C(c1ccccc1)OCNC(C)C2. The number of hydrogen-bond donors (Lipinski definition) is 1. The van der Waals surface area contributed by atoms with E-state index in [9.17, 15) is 0 Å². The van der Waals surface area contributed by atoms with Crippen molar-refractivity contribution in [2.45, 2.75) is 25.5 Å². The predicted molar refractivity (Wildman–Crippen MR) is 83.5 cm³/mol. The molecule has 1 N–H and O–H groups in total. The van der Waals surface area contributed by atoms with Crippen molar-refractivity contribution in [3.63, 3.8) is 0 Å². The summed E-state index contributed by atoms with van der Waals surface area (Å²) in [5.74, 6) is 0.875. The number of benzene rings is 2. The molecule has 0 fully saturated rings. The molecule has 0 aromatic heterocycles. The number of methoxy groups -OCH3 is 1. The monoisotopic (exact) mass is 283 g/mol. The normalized spacial score (nSPS) is 22.0. The highest BCUT2D eigenvalue weighted by molar-refractivity contribution is 5.42. The van der Waals surface area contributed by atoms with Gasteiger partial charge >= 0.3 is 0 Å². The topological polar surface area (TPSA) is 30.5 Å². The van der Waals surface area contributed by atoms with Crippen molar-refractivity contribution in [1.29, 1.82) is 0 Å². The van der Waals surface area contributed by atoms with Crippen molar-refractivity contribution in [1.82, 2.24) is 5.32 Å². The van der Waals surface area contributed by atoms with E-state index in [2.05, 4.69) is 36.5 Å². The van der Waals surface area contributed by atoms with Crippen LogP contribution in [0, 0.1) is 0 Å². The Hall–Kier alpha value is -1.84. The van der Waals surface area contributed by atoms with Crippen LogP contribution in [0.2, 0.25) is 0 Å². The van der Waals surface area contributed by atoms with E-state index in [1.807, 2.05) is 24.3 Å². The summed E-state index contributed by atoms with van der Waals surface area (Å²) in [7, 11) is 1.70. The Balaban J connectivity index is 2.07. The van der Waals surface area contributed by atoms with Gasteiger partial charge in [0.15, 0.2) is 0 Å². The van der Waals surface area contributed by atoms with Gasteiger partial charge in [-0.15, -0.1) is 0 Å². The summed E-state index contributed by atoms with van der Waals surface area (Å²) in [6, 6.07) is 17.0. The zero-order valence-electron chi connectivity index (χ0n) is 12.5. The van der Waals surface area contributed by atoms with Crippen LogP contribution in [0.4, 0.5) is 0 Å². The van der Waals surface area contributed by atoms with E-state index in [1.165, 1.54) is 16.7 Å². The predicted octanol–water partition coefficient (Wildman–Crippen LogP) is 3.29. The first kappa shape index (κ1) is 14.1. The molecule has 0 amide bonds. The molecule has 2 atom stereocenters. The standard InChI is InChI=1S/C18H21NO2/c1-13-10-15-8-9-16(20-2)11-17(15)18(21-12-19-13)14-6-4-3-5-7-14/h3-9,11,13,18-19H,10,12H2,1-2H3. The van der Waals surface area contributed by atoms with E-state index in [0.29, 0.717) is 12.8 Å². The number of hydrogen-bond acceptors (Lipinski definition) is 3. The van der Waals surface area contributed by atoms with Crippen molar-refractivity contribution in [2.75, 3.05) is 13.8 Å². The molecule has 1 aliphatic heterocycles. The molecule has 1 heterocycles. The molecule has 0 spiro atoms.